The molecule has 0 aliphatic heterocycles. The maximum absolute atomic E-state index is 13.2. The number of aromatic nitrogens is 1. The minimum absolute atomic E-state index is 0.245. The third kappa shape index (κ3) is 3.61. The normalized spacial score (nSPS) is 11.9. The van der Waals surface area contributed by atoms with Crippen molar-refractivity contribution in [2.45, 2.75) is 6.10 Å². The van der Waals surface area contributed by atoms with Gasteiger partial charge in [0, 0.05) is 19.9 Å². The molecule has 1 aromatic carbocycles. The highest BCUT2D eigenvalue weighted by atomic mass is 19.1. The molecule has 104 valence electrons. The van der Waals surface area contributed by atoms with Gasteiger partial charge in [-0.15, -0.1) is 0 Å². The Morgan fingerprint density at radius 2 is 2.20 bits per heavy atom. The van der Waals surface area contributed by atoms with Gasteiger partial charge in [-0.05, 0) is 29.8 Å². The van der Waals surface area contributed by atoms with Crippen LogP contribution in [0.1, 0.15) is 22.2 Å². The molecular formula is C15H15FN2O2. The van der Waals surface area contributed by atoms with Crippen molar-refractivity contribution in [2.75, 3.05) is 13.7 Å². The predicted octanol–water partition coefficient (Wildman–Crippen LogP) is 2.34. The van der Waals surface area contributed by atoms with Crippen LogP contribution in [0.3, 0.4) is 0 Å². The fourth-order valence-electron chi connectivity index (χ4n) is 1.82. The standard InChI is InChI=1S/C15H15FN2O2/c1-20-14(11-5-4-6-12(16)9-11)10-18-15(19)13-7-2-3-8-17-13/h2-9,14H,10H2,1H3,(H,18,19). The number of halogens is 1. The maximum Gasteiger partial charge on any atom is 0.269 e. The van der Waals surface area contributed by atoms with E-state index in [9.17, 15) is 9.18 Å². The van der Waals surface area contributed by atoms with E-state index in [1.54, 1.807) is 36.5 Å². The second kappa shape index (κ2) is 6.77. The molecule has 1 N–H and O–H groups in total. The van der Waals surface area contributed by atoms with E-state index in [4.69, 9.17) is 4.74 Å². The Kier molecular flexibility index (Phi) is 4.79. The van der Waals surface area contributed by atoms with Gasteiger partial charge >= 0.3 is 0 Å². The molecule has 1 unspecified atom stereocenters. The van der Waals surface area contributed by atoms with Crippen LogP contribution in [0, 0.1) is 5.82 Å². The summed E-state index contributed by atoms with van der Waals surface area (Å²) >= 11 is 0. The second-order valence-electron chi connectivity index (χ2n) is 4.20. The lowest BCUT2D eigenvalue weighted by Gasteiger charge is -2.16. The molecule has 0 fully saturated rings. The Morgan fingerprint density at radius 1 is 1.35 bits per heavy atom. The molecule has 4 nitrogen and oxygen atoms in total. The van der Waals surface area contributed by atoms with Gasteiger partial charge in [-0.2, -0.15) is 0 Å². The van der Waals surface area contributed by atoms with Crippen LogP contribution in [0.4, 0.5) is 4.39 Å². The Balaban J connectivity index is 1.99. The first-order chi connectivity index (χ1) is 9.70. The van der Waals surface area contributed by atoms with Crippen molar-refractivity contribution in [2.24, 2.45) is 0 Å². The number of carbonyl (C=O) groups excluding carboxylic acids is 1. The number of nitrogens with one attached hydrogen (secondary N) is 1. The molecule has 1 atom stereocenters. The largest absolute Gasteiger partial charge is 0.375 e. The van der Waals surface area contributed by atoms with E-state index in [0.717, 1.165) is 0 Å². The molecule has 1 amide bonds. The van der Waals surface area contributed by atoms with Gasteiger partial charge in [0.1, 0.15) is 11.5 Å². The molecule has 2 rings (SSSR count). The lowest BCUT2D eigenvalue weighted by Crippen LogP contribution is -2.29. The SMILES string of the molecule is COC(CNC(=O)c1ccccn1)c1cccc(F)c1. The van der Waals surface area contributed by atoms with Gasteiger partial charge in [0.2, 0.25) is 0 Å². The summed E-state index contributed by atoms with van der Waals surface area (Å²) < 4.78 is 18.5. The lowest BCUT2D eigenvalue weighted by molar-refractivity contribution is 0.0823. The number of methoxy groups -OCH3 is 1. The van der Waals surface area contributed by atoms with Gasteiger partial charge in [0.15, 0.2) is 0 Å². The molecule has 0 aliphatic rings. The summed E-state index contributed by atoms with van der Waals surface area (Å²) in [6.45, 7) is 0.245. The van der Waals surface area contributed by atoms with Gasteiger partial charge in [-0.25, -0.2) is 4.39 Å². The number of amides is 1. The van der Waals surface area contributed by atoms with Crippen LogP contribution in [0.25, 0.3) is 0 Å². The Hall–Kier alpha value is -2.27. The second-order valence-corrected chi connectivity index (χ2v) is 4.20. The number of benzene rings is 1. The first kappa shape index (κ1) is 14.1. The Bertz CT molecular complexity index is 575. The van der Waals surface area contributed by atoms with E-state index in [1.807, 2.05) is 0 Å². The molecule has 20 heavy (non-hydrogen) atoms. The van der Waals surface area contributed by atoms with E-state index in [1.165, 1.54) is 19.2 Å². The van der Waals surface area contributed by atoms with Crippen LogP contribution in [0.2, 0.25) is 0 Å². The smallest absolute Gasteiger partial charge is 0.269 e. The monoisotopic (exact) mass is 274 g/mol. The van der Waals surface area contributed by atoms with E-state index in [2.05, 4.69) is 10.3 Å². The maximum atomic E-state index is 13.2. The molecule has 0 bridgehead atoms. The number of carbonyl (C=O) groups is 1. The van der Waals surface area contributed by atoms with Crippen LogP contribution >= 0.6 is 0 Å². The number of pyridine rings is 1. The minimum atomic E-state index is -0.404. The zero-order valence-electron chi connectivity index (χ0n) is 11.0. The van der Waals surface area contributed by atoms with Crippen LogP contribution in [-0.4, -0.2) is 24.5 Å². The number of hydrogen-bond donors (Lipinski definition) is 1. The highest BCUT2D eigenvalue weighted by Crippen LogP contribution is 2.16. The van der Waals surface area contributed by atoms with E-state index >= 15 is 0 Å². The van der Waals surface area contributed by atoms with Gasteiger partial charge in [0.25, 0.3) is 5.91 Å². The molecule has 1 heterocycles. The van der Waals surface area contributed by atoms with Crippen LogP contribution < -0.4 is 5.32 Å². The zero-order valence-corrected chi connectivity index (χ0v) is 11.0. The highest BCUT2D eigenvalue weighted by molar-refractivity contribution is 5.92. The topological polar surface area (TPSA) is 51.2 Å². The lowest BCUT2D eigenvalue weighted by atomic mass is 10.1. The quantitative estimate of drug-likeness (QED) is 0.910. The van der Waals surface area contributed by atoms with Gasteiger partial charge in [-0.1, -0.05) is 18.2 Å². The fourth-order valence-corrected chi connectivity index (χ4v) is 1.82. The van der Waals surface area contributed by atoms with Gasteiger partial charge in [-0.3, -0.25) is 9.78 Å². The van der Waals surface area contributed by atoms with Crippen molar-refractivity contribution < 1.29 is 13.9 Å². The predicted molar refractivity (Wildman–Crippen MR) is 72.7 cm³/mol. The van der Waals surface area contributed by atoms with Gasteiger partial charge in [0.05, 0.1) is 6.10 Å². The van der Waals surface area contributed by atoms with Gasteiger partial charge < -0.3 is 10.1 Å². The first-order valence-electron chi connectivity index (χ1n) is 6.18. The molecule has 0 aliphatic carbocycles. The summed E-state index contributed by atoms with van der Waals surface area (Å²) in [6, 6.07) is 11.2. The molecule has 0 saturated heterocycles. The Morgan fingerprint density at radius 3 is 2.85 bits per heavy atom. The molecule has 2 aromatic rings. The average molecular weight is 274 g/mol. The third-order valence-corrected chi connectivity index (χ3v) is 2.85. The van der Waals surface area contributed by atoms with E-state index in [0.29, 0.717) is 11.3 Å². The third-order valence-electron chi connectivity index (χ3n) is 2.85. The molecule has 0 spiro atoms. The highest BCUT2D eigenvalue weighted by Gasteiger charge is 2.14. The minimum Gasteiger partial charge on any atom is -0.375 e. The van der Waals surface area contributed by atoms with Crippen molar-refractivity contribution in [3.8, 4) is 0 Å². The number of hydrogen-bond acceptors (Lipinski definition) is 3. The fraction of sp³-hybridized carbons (Fsp3) is 0.200. The molecule has 5 heteroatoms. The van der Waals surface area contributed by atoms with E-state index < -0.39 is 6.10 Å². The van der Waals surface area contributed by atoms with Crippen molar-refractivity contribution in [3.05, 3.63) is 65.7 Å². The van der Waals surface area contributed by atoms with Crippen molar-refractivity contribution >= 4 is 5.91 Å². The summed E-state index contributed by atoms with van der Waals surface area (Å²) in [5.41, 5.74) is 1.01. The van der Waals surface area contributed by atoms with Crippen LogP contribution in [-0.2, 0) is 4.74 Å². The summed E-state index contributed by atoms with van der Waals surface area (Å²) in [4.78, 5) is 15.8. The number of ether oxygens (including phenoxy) is 1. The van der Waals surface area contributed by atoms with Crippen molar-refractivity contribution in [3.63, 3.8) is 0 Å². The molecule has 0 saturated carbocycles. The zero-order chi connectivity index (χ0) is 14.4. The van der Waals surface area contributed by atoms with Crippen molar-refractivity contribution in [1.29, 1.82) is 0 Å². The molecule has 0 radical (unpaired) electrons. The molecular weight excluding hydrogens is 259 g/mol. The average Bonchev–Trinajstić information content (AvgIpc) is 2.48. The number of rotatable bonds is 5. The van der Waals surface area contributed by atoms with Crippen LogP contribution in [0.5, 0.6) is 0 Å². The summed E-state index contributed by atoms with van der Waals surface area (Å²) in [6.07, 6.45) is 1.15. The van der Waals surface area contributed by atoms with E-state index in [-0.39, 0.29) is 18.3 Å². The number of nitrogens with zero attached hydrogens (tertiary/aromatic N) is 1. The summed E-state index contributed by atoms with van der Waals surface area (Å²) in [5.74, 6) is -0.621. The first-order valence-corrected chi connectivity index (χ1v) is 6.18. The van der Waals surface area contributed by atoms with Crippen molar-refractivity contribution in [1.82, 2.24) is 10.3 Å². The summed E-state index contributed by atoms with van der Waals surface area (Å²) in [5, 5.41) is 2.72. The summed E-state index contributed by atoms with van der Waals surface area (Å²) in [7, 11) is 1.52. The molecule has 1 aromatic heterocycles. The van der Waals surface area contributed by atoms with Crippen LogP contribution in [0.15, 0.2) is 48.7 Å². The Labute approximate surface area is 116 Å².